The second-order valence-corrected chi connectivity index (χ2v) is 7.29. The van der Waals surface area contributed by atoms with E-state index in [1.807, 2.05) is 21.8 Å². The Labute approximate surface area is 150 Å². The molecule has 0 atom stereocenters. The molecule has 0 spiro atoms. The van der Waals surface area contributed by atoms with Crippen molar-refractivity contribution >= 4 is 5.91 Å². The summed E-state index contributed by atoms with van der Waals surface area (Å²) >= 11 is 0. The van der Waals surface area contributed by atoms with Crippen LogP contribution in [0.1, 0.15) is 26.7 Å². The summed E-state index contributed by atoms with van der Waals surface area (Å²) in [5.74, 6) is 0.232. The Bertz CT molecular complexity index is 532. The molecule has 0 aliphatic carbocycles. The molecule has 0 bridgehead atoms. The van der Waals surface area contributed by atoms with Crippen LogP contribution >= 0.6 is 0 Å². The van der Waals surface area contributed by atoms with Crippen molar-refractivity contribution < 1.29 is 9.53 Å². The number of amides is 1. The number of piperidine rings is 1. The molecule has 140 valence electrons. The summed E-state index contributed by atoms with van der Waals surface area (Å²) in [6.45, 7) is 10.9. The van der Waals surface area contributed by atoms with Gasteiger partial charge in [0, 0.05) is 45.1 Å². The van der Waals surface area contributed by atoms with Gasteiger partial charge in [0.1, 0.15) is 5.54 Å². The van der Waals surface area contributed by atoms with Gasteiger partial charge in [-0.1, -0.05) is 0 Å². The predicted molar refractivity (Wildman–Crippen MR) is 96.4 cm³/mol. The predicted octanol–water partition coefficient (Wildman–Crippen LogP) is 0.531. The van der Waals surface area contributed by atoms with Gasteiger partial charge >= 0.3 is 0 Å². The maximum atomic E-state index is 13.4. The van der Waals surface area contributed by atoms with Gasteiger partial charge in [-0.25, -0.2) is 0 Å². The lowest BCUT2D eigenvalue weighted by atomic mass is 9.86. The normalized spacial score (nSPS) is 21.6. The van der Waals surface area contributed by atoms with Crippen molar-refractivity contribution in [2.24, 2.45) is 0 Å². The molecule has 1 amide bonds. The molecule has 3 rings (SSSR count). The molecule has 7 nitrogen and oxygen atoms in total. The Morgan fingerprint density at radius 2 is 1.96 bits per heavy atom. The van der Waals surface area contributed by atoms with Gasteiger partial charge < -0.3 is 15.0 Å². The first kappa shape index (κ1) is 18.4. The second kappa shape index (κ2) is 8.29. The Hall–Kier alpha value is -1.44. The zero-order valence-corrected chi connectivity index (χ0v) is 15.5. The molecule has 1 N–H and O–H groups in total. The zero-order chi connectivity index (χ0) is 17.7. The highest BCUT2D eigenvalue weighted by molar-refractivity contribution is 5.84. The van der Waals surface area contributed by atoms with E-state index in [2.05, 4.69) is 29.2 Å². The highest BCUT2D eigenvalue weighted by Crippen LogP contribution is 2.29. The van der Waals surface area contributed by atoms with E-state index in [4.69, 9.17) is 4.74 Å². The van der Waals surface area contributed by atoms with Gasteiger partial charge in [-0.2, -0.15) is 5.10 Å². The molecule has 1 aromatic rings. The number of ether oxygens (including phenoxy) is 1. The van der Waals surface area contributed by atoms with Crippen LogP contribution < -0.4 is 5.32 Å². The lowest BCUT2D eigenvalue weighted by molar-refractivity contribution is -0.145. The summed E-state index contributed by atoms with van der Waals surface area (Å²) in [7, 11) is 0. The summed E-state index contributed by atoms with van der Waals surface area (Å²) in [6, 6.07) is 1.91. The van der Waals surface area contributed by atoms with Crippen LogP contribution in [0.5, 0.6) is 0 Å². The molecule has 0 saturated carbocycles. The molecule has 25 heavy (non-hydrogen) atoms. The zero-order valence-electron chi connectivity index (χ0n) is 15.5. The van der Waals surface area contributed by atoms with E-state index in [9.17, 15) is 4.79 Å². The van der Waals surface area contributed by atoms with E-state index >= 15 is 0 Å². The van der Waals surface area contributed by atoms with Crippen LogP contribution in [0.4, 0.5) is 0 Å². The number of hydrogen-bond donors (Lipinski definition) is 1. The first-order valence-corrected chi connectivity index (χ1v) is 9.46. The van der Waals surface area contributed by atoms with Gasteiger partial charge in [-0.05, 0) is 45.8 Å². The monoisotopic (exact) mass is 349 g/mol. The number of hydrogen-bond acceptors (Lipinski definition) is 5. The number of nitrogens with zero attached hydrogens (tertiary/aromatic N) is 4. The third-order valence-electron chi connectivity index (χ3n) is 5.29. The van der Waals surface area contributed by atoms with Crippen molar-refractivity contribution in [3.8, 4) is 0 Å². The smallest absolute Gasteiger partial charge is 0.250 e. The molecular formula is C18H31N5O2. The van der Waals surface area contributed by atoms with Crippen molar-refractivity contribution in [2.45, 2.75) is 38.3 Å². The summed E-state index contributed by atoms with van der Waals surface area (Å²) in [6.07, 6.45) is 5.58. The number of carbonyl (C=O) groups excluding carboxylic acids is 1. The lowest BCUT2D eigenvalue weighted by Gasteiger charge is -2.43. The van der Waals surface area contributed by atoms with Gasteiger partial charge in [0.2, 0.25) is 0 Å². The summed E-state index contributed by atoms with van der Waals surface area (Å²) in [5.41, 5.74) is -0.516. The van der Waals surface area contributed by atoms with Crippen LogP contribution in [0.25, 0.3) is 0 Å². The molecule has 7 heteroatoms. The average Bonchev–Trinajstić information content (AvgIpc) is 3.17. The molecule has 0 unspecified atom stereocenters. The van der Waals surface area contributed by atoms with Crippen molar-refractivity contribution in [1.29, 1.82) is 0 Å². The fourth-order valence-electron chi connectivity index (χ4n) is 3.79. The van der Waals surface area contributed by atoms with Crippen LogP contribution in [0.3, 0.4) is 0 Å². The second-order valence-electron chi connectivity index (χ2n) is 7.29. The first-order chi connectivity index (χ1) is 12.1. The van der Waals surface area contributed by atoms with Crippen molar-refractivity contribution in [3.05, 3.63) is 18.5 Å². The lowest BCUT2D eigenvalue weighted by Crippen LogP contribution is -2.59. The topological polar surface area (TPSA) is 62.6 Å². The quantitative estimate of drug-likeness (QED) is 0.812. The fraction of sp³-hybridized carbons (Fsp3) is 0.778. The largest absolute Gasteiger partial charge is 0.377 e. The SMILES string of the molecule is CC(C)OCCN1CCN(C(=O)C2(n3cccn3)CCNCC2)CC1. The minimum absolute atomic E-state index is 0.232. The third kappa shape index (κ3) is 4.22. The Kier molecular flexibility index (Phi) is 6.09. The van der Waals surface area contributed by atoms with Gasteiger partial charge in [0.25, 0.3) is 5.91 Å². The average molecular weight is 349 g/mol. The molecular weight excluding hydrogens is 318 g/mol. The van der Waals surface area contributed by atoms with Crippen LogP contribution in [0.2, 0.25) is 0 Å². The Morgan fingerprint density at radius 3 is 2.56 bits per heavy atom. The van der Waals surface area contributed by atoms with E-state index in [0.29, 0.717) is 0 Å². The summed E-state index contributed by atoms with van der Waals surface area (Å²) in [5, 5.41) is 7.78. The Balaban J connectivity index is 1.59. The highest BCUT2D eigenvalue weighted by Gasteiger charge is 2.44. The number of rotatable bonds is 6. The van der Waals surface area contributed by atoms with Gasteiger partial charge in [0.15, 0.2) is 0 Å². The summed E-state index contributed by atoms with van der Waals surface area (Å²) < 4.78 is 7.53. The first-order valence-electron chi connectivity index (χ1n) is 9.46. The molecule has 0 aromatic carbocycles. The van der Waals surface area contributed by atoms with E-state index in [1.165, 1.54) is 0 Å². The van der Waals surface area contributed by atoms with Gasteiger partial charge in [-0.15, -0.1) is 0 Å². The molecule has 2 aliphatic heterocycles. The van der Waals surface area contributed by atoms with Crippen LogP contribution in [-0.2, 0) is 15.1 Å². The van der Waals surface area contributed by atoms with Crippen molar-refractivity contribution in [3.63, 3.8) is 0 Å². The molecule has 2 aliphatic rings. The number of piperazine rings is 1. The van der Waals surface area contributed by atoms with Crippen LogP contribution in [0, 0.1) is 0 Å². The molecule has 2 saturated heterocycles. The number of carbonyl (C=O) groups is 1. The third-order valence-corrected chi connectivity index (χ3v) is 5.29. The van der Waals surface area contributed by atoms with E-state index in [-0.39, 0.29) is 12.0 Å². The number of nitrogens with one attached hydrogen (secondary N) is 1. The van der Waals surface area contributed by atoms with Crippen molar-refractivity contribution in [1.82, 2.24) is 24.9 Å². The minimum atomic E-state index is -0.516. The van der Waals surface area contributed by atoms with Crippen LogP contribution in [-0.4, -0.2) is 84.0 Å². The van der Waals surface area contributed by atoms with E-state index in [1.54, 1.807) is 6.20 Å². The molecule has 1 aromatic heterocycles. The minimum Gasteiger partial charge on any atom is -0.377 e. The maximum absolute atomic E-state index is 13.4. The fourth-order valence-corrected chi connectivity index (χ4v) is 3.79. The van der Waals surface area contributed by atoms with Crippen molar-refractivity contribution in [2.75, 3.05) is 52.4 Å². The van der Waals surface area contributed by atoms with Gasteiger partial charge in [0.05, 0.1) is 12.7 Å². The molecule has 2 fully saturated rings. The van der Waals surface area contributed by atoms with E-state index < -0.39 is 5.54 Å². The maximum Gasteiger partial charge on any atom is 0.250 e. The van der Waals surface area contributed by atoms with Gasteiger partial charge in [-0.3, -0.25) is 14.4 Å². The molecule has 3 heterocycles. The van der Waals surface area contributed by atoms with E-state index in [0.717, 1.165) is 65.3 Å². The molecule has 0 radical (unpaired) electrons. The number of aromatic nitrogens is 2. The Morgan fingerprint density at radius 1 is 1.24 bits per heavy atom. The van der Waals surface area contributed by atoms with Crippen LogP contribution in [0.15, 0.2) is 18.5 Å². The standard InChI is InChI=1S/C18H31N5O2/c1-16(2)25-15-14-21-10-12-22(13-11-21)17(24)18(4-7-19-8-5-18)23-9-3-6-20-23/h3,6,9,16,19H,4-5,7-8,10-15H2,1-2H3. The summed E-state index contributed by atoms with van der Waals surface area (Å²) in [4.78, 5) is 17.8. The highest BCUT2D eigenvalue weighted by atomic mass is 16.5.